The van der Waals surface area contributed by atoms with Gasteiger partial charge in [-0.2, -0.15) is 0 Å². The van der Waals surface area contributed by atoms with Crippen LogP contribution < -0.4 is 0 Å². The average Bonchev–Trinajstić information content (AvgIpc) is 2.35. The standard InChI is InChI=1S/C12H16N2O4/c1-9(13(2)7-6-12(15)16)10-4-3-5-11(8-10)14(17)18/h3-5,8-9H,6-7H2,1-2H3,(H,15,16)/t9-/m0/s1. The lowest BCUT2D eigenvalue weighted by atomic mass is 10.1. The van der Waals surface area contributed by atoms with Crippen LogP contribution in [0.4, 0.5) is 5.69 Å². The van der Waals surface area contributed by atoms with Crippen LogP contribution in [0.25, 0.3) is 0 Å². The van der Waals surface area contributed by atoms with E-state index in [0.717, 1.165) is 5.56 Å². The molecule has 6 heteroatoms. The largest absolute Gasteiger partial charge is 0.481 e. The van der Waals surface area contributed by atoms with Gasteiger partial charge in [0, 0.05) is 24.7 Å². The van der Waals surface area contributed by atoms with Gasteiger partial charge in [0.05, 0.1) is 11.3 Å². The number of nitro groups is 1. The number of benzene rings is 1. The van der Waals surface area contributed by atoms with Crippen LogP contribution in [-0.2, 0) is 4.79 Å². The molecule has 1 aromatic rings. The molecule has 0 heterocycles. The number of rotatable bonds is 6. The van der Waals surface area contributed by atoms with E-state index >= 15 is 0 Å². The van der Waals surface area contributed by atoms with Crippen LogP contribution in [0.5, 0.6) is 0 Å². The van der Waals surface area contributed by atoms with Crippen molar-refractivity contribution in [3.63, 3.8) is 0 Å². The van der Waals surface area contributed by atoms with Crippen molar-refractivity contribution in [3.05, 3.63) is 39.9 Å². The van der Waals surface area contributed by atoms with E-state index in [1.165, 1.54) is 12.1 Å². The van der Waals surface area contributed by atoms with Gasteiger partial charge in [0.2, 0.25) is 0 Å². The SMILES string of the molecule is C[C@@H](c1cccc([N+](=O)[O-])c1)N(C)CCC(=O)O. The Kier molecular flexibility index (Phi) is 4.79. The summed E-state index contributed by atoms with van der Waals surface area (Å²) in [6.45, 7) is 2.29. The van der Waals surface area contributed by atoms with E-state index in [0.29, 0.717) is 6.54 Å². The summed E-state index contributed by atoms with van der Waals surface area (Å²) >= 11 is 0. The second-order valence-corrected chi connectivity index (χ2v) is 4.15. The highest BCUT2D eigenvalue weighted by atomic mass is 16.6. The predicted octanol–water partition coefficient (Wildman–Crippen LogP) is 2.06. The first kappa shape index (κ1) is 14.1. The number of hydrogen-bond donors (Lipinski definition) is 1. The van der Waals surface area contributed by atoms with E-state index in [-0.39, 0.29) is 18.2 Å². The highest BCUT2D eigenvalue weighted by molar-refractivity contribution is 5.66. The normalized spacial score (nSPS) is 12.4. The number of hydrogen-bond acceptors (Lipinski definition) is 4. The Bertz CT molecular complexity index is 447. The zero-order valence-electron chi connectivity index (χ0n) is 10.4. The lowest BCUT2D eigenvalue weighted by Gasteiger charge is -2.24. The van der Waals surface area contributed by atoms with E-state index < -0.39 is 10.9 Å². The molecule has 0 aliphatic heterocycles. The summed E-state index contributed by atoms with van der Waals surface area (Å²) in [4.78, 5) is 22.6. The maximum Gasteiger partial charge on any atom is 0.304 e. The molecule has 1 atom stereocenters. The molecular weight excluding hydrogens is 236 g/mol. The Hall–Kier alpha value is -1.95. The average molecular weight is 252 g/mol. The number of carboxylic acids is 1. The molecule has 0 fully saturated rings. The Morgan fingerprint density at radius 1 is 1.56 bits per heavy atom. The molecule has 98 valence electrons. The molecule has 0 aromatic heterocycles. The Balaban J connectivity index is 2.76. The zero-order valence-corrected chi connectivity index (χ0v) is 10.4. The van der Waals surface area contributed by atoms with E-state index in [9.17, 15) is 14.9 Å². The molecule has 0 spiro atoms. The van der Waals surface area contributed by atoms with E-state index in [4.69, 9.17) is 5.11 Å². The maximum absolute atomic E-state index is 10.7. The van der Waals surface area contributed by atoms with Crippen LogP contribution in [0.3, 0.4) is 0 Å². The fraction of sp³-hybridized carbons (Fsp3) is 0.417. The van der Waals surface area contributed by atoms with Crippen molar-refractivity contribution in [1.82, 2.24) is 4.90 Å². The summed E-state index contributed by atoms with van der Waals surface area (Å²) < 4.78 is 0. The summed E-state index contributed by atoms with van der Waals surface area (Å²) in [6.07, 6.45) is 0.0514. The van der Waals surface area contributed by atoms with E-state index in [1.54, 1.807) is 19.2 Å². The maximum atomic E-state index is 10.7. The first-order valence-electron chi connectivity index (χ1n) is 5.58. The molecule has 18 heavy (non-hydrogen) atoms. The monoisotopic (exact) mass is 252 g/mol. The van der Waals surface area contributed by atoms with E-state index in [2.05, 4.69) is 0 Å². The minimum Gasteiger partial charge on any atom is -0.481 e. The highest BCUT2D eigenvalue weighted by Crippen LogP contribution is 2.22. The molecule has 0 radical (unpaired) electrons. The van der Waals surface area contributed by atoms with Crippen LogP contribution in [0.1, 0.15) is 24.9 Å². The number of nitrogens with zero attached hydrogens (tertiary/aromatic N) is 2. The van der Waals surface area contributed by atoms with Gasteiger partial charge in [0.1, 0.15) is 0 Å². The molecule has 1 aromatic carbocycles. The lowest BCUT2D eigenvalue weighted by Crippen LogP contribution is -2.25. The van der Waals surface area contributed by atoms with Gasteiger partial charge in [-0.15, -0.1) is 0 Å². The van der Waals surface area contributed by atoms with Crippen LogP contribution in [0.2, 0.25) is 0 Å². The van der Waals surface area contributed by atoms with Gasteiger partial charge in [-0.1, -0.05) is 12.1 Å². The summed E-state index contributed by atoms with van der Waals surface area (Å²) in [7, 11) is 1.80. The van der Waals surface area contributed by atoms with Crippen molar-refractivity contribution in [1.29, 1.82) is 0 Å². The minimum absolute atomic E-state index is 0.0472. The summed E-state index contributed by atoms with van der Waals surface area (Å²) in [5.41, 5.74) is 0.850. The molecule has 0 unspecified atom stereocenters. The number of non-ortho nitro benzene ring substituents is 1. The molecule has 0 bridgehead atoms. The third kappa shape index (κ3) is 3.81. The third-order valence-corrected chi connectivity index (χ3v) is 2.90. The Morgan fingerprint density at radius 2 is 2.22 bits per heavy atom. The molecule has 0 amide bonds. The summed E-state index contributed by atoms with van der Waals surface area (Å²) in [5, 5.41) is 19.3. The summed E-state index contributed by atoms with van der Waals surface area (Å²) in [5.74, 6) is -0.854. The van der Waals surface area contributed by atoms with Crippen molar-refractivity contribution in [2.24, 2.45) is 0 Å². The molecule has 6 nitrogen and oxygen atoms in total. The summed E-state index contributed by atoms with van der Waals surface area (Å²) in [6, 6.07) is 6.32. The quantitative estimate of drug-likeness (QED) is 0.618. The molecule has 0 aliphatic rings. The smallest absolute Gasteiger partial charge is 0.304 e. The van der Waals surface area contributed by atoms with Crippen molar-refractivity contribution in [3.8, 4) is 0 Å². The van der Waals surface area contributed by atoms with Crippen LogP contribution in [-0.4, -0.2) is 34.5 Å². The van der Waals surface area contributed by atoms with Crippen LogP contribution in [0.15, 0.2) is 24.3 Å². The van der Waals surface area contributed by atoms with Gasteiger partial charge in [-0.05, 0) is 19.5 Å². The molecule has 1 N–H and O–H groups in total. The number of carbonyl (C=O) groups is 1. The van der Waals surface area contributed by atoms with Crippen molar-refractivity contribution in [2.45, 2.75) is 19.4 Å². The molecule has 1 rings (SSSR count). The van der Waals surface area contributed by atoms with Gasteiger partial charge in [0.15, 0.2) is 0 Å². The number of aliphatic carboxylic acids is 1. The number of carboxylic acid groups (broad SMARTS) is 1. The molecule has 0 saturated heterocycles. The van der Waals surface area contributed by atoms with Crippen molar-refractivity contribution >= 4 is 11.7 Å². The van der Waals surface area contributed by atoms with Gasteiger partial charge < -0.3 is 5.11 Å². The minimum atomic E-state index is -0.854. The Labute approximate surface area is 105 Å². The van der Waals surface area contributed by atoms with Crippen LogP contribution in [0, 0.1) is 10.1 Å². The lowest BCUT2D eigenvalue weighted by molar-refractivity contribution is -0.384. The van der Waals surface area contributed by atoms with E-state index in [1.807, 2.05) is 11.8 Å². The zero-order chi connectivity index (χ0) is 13.7. The van der Waals surface area contributed by atoms with Gasteiger partial charge in [-0.25, -0.2) is 0 Å². The second kappa shape index (κ2) is 6.11. The highest BCUT2D eigenvalue weighted by Gasteiger charge is 2.15. The first-order chi connectivity index (χ1) is 8.41. The van der Waals surface area contributed by atoms with Crippen molar-refractivity contribution in [2.75, 3.05) is 13.6 Å². The van der Waals surface area contributed by atoms with Gasteiger partial charge in [-0.3, -0.25) is 19.8 Å². The molecule has 0 saturated carbocycles. The predicted molar refractivity (Wildman–Crippen MR) is 66.4 cm³/mol. The third-order valence-electron chi connectivity index (χ3n) is 2.90. The molecule has 0 aliphatic carbocycles. The first-order valence-corrected chi connectivity index (χ1v) is 5.58. The van der Waals surface area contributed by atoms with Crippen molar-refractivity contribution < 1.29 is 14.8 Å². The fourth-order valence-electron chi connectivity index (χ4n) is 1.62. The fourth-order valence-corrected chi connectivity index (χ4v) is 1.62. The van der Waals surface area contributed by atoms with Gasteiger partial charge in [0.25, 0.3) is 5.69 Å². The topological polar surface area (TPSA) is 83.7 Å². The Morgan fingerprint density at radius 3 is 2.78 bits per heavy atom. The molecular formula is C12H16N2O4. The van der Waals surface area contributed by atoms with Crippen LogP contribution >= 0.6 is 0 Å². The second-order valence-electron chi connectivity index (χ2n) is 4.15. The number of nitro benzene ring substituents is 1. The van der Waals surface area contributed by atoms with Gasteiger partial charge >= 0.3 is 5.97 Å².